The Kier molecular flexibility index (Phi) is 5.64. The topological polar surface area (TPSA) is 65.0 Å². The maximum atomic E-state index is 11.5. The van der Waals surface area contributed by atoms with Crippen LogP contribution >= 0.6 is 0 Å². The van der Waals surface area contributed by atoms with E-state index in [4.69, 9.17) is 5.41 Å². The van der Waals surface area contributed by atoms with E-state index >= 15 is 0 Å². The molecule has 0 aromatic heterocycles. The van der Waals surface area contributed by atoms with Crippen LogP contribution in [0.4, 0.5) is 5.69 Å². The lowest BCUT2D eigenvalue weighted by atomic mass is 10.1. The molecule has 0 aliphatic heterocycles. The standard InChI is InChI=1S/C14H19N3O/c1-3-4-7-10-17-12-9-6-5-8-11(12)13(15)14(18)16-2/h3,5-6,8-9,15,17H,1,4,7,10H2,2H3,(H,16,18). The Hall–Kier alpha value is -2.10. The van der Waals surface area contributed by atoms with Crippen LogP contribution in [0.5, 0.6) is 0 Å². The highest BCUT2D eigenvalue weighted by Crippen LogP contribution is 2.15. The van der Waals surface area contributed by atoms with Crippen molar-refractivity contribution in [2.24, 2.45) is 0 Å². The fraction of sp³-hybridized carbons (Fsp3) is 0.286. The minimum absolute atomic E-state index is 0.0238. The number of carbonyl (C=O) groups is 1. The molecule has 0 radical (unpaired) electrons. The van der Waals surface area contributed by atoms with Crippen molar-refractivity contribution in [3.63, 3.8) is 0 Å². The van der Waals surface area contributed by atoms with Crippen LogP contribution in [0.2, 0.25) is 0 Å². The number of allylic oxidation sites excluding steroid dienone is 1. The Labute approximate surface area is 108 Å². The molecular weight excluding hydrogens is 226 g/mol. The molecule has 0 atom stereocenters. The van der Waals surface area contributed by atoms with Gasteiger partial charge in [-0.3, -0.25) is 10.2 Å². The summed E-state index contributed by atoms with van der Waals surface area (Å²) in [6, 6.07) is 7.35. The summed E-state index contributed by atoms with van der Waals surface area (Å²) in [6.45, 7) is 4.47. The van der Waals surface area contributed by atoms with E-state index in [0.29, 0.717) is 5.56 Å². The number of amides is 1. The number of carbonyl (C=O) groups excluding carboxylic acids is 1. The molecule has 0 unspecified atom stereocenters. The summed E-state index contributed by atoms with van der Waals surface area (Å²) in [7, 11) is 1.52. The highest BCUT2D eigenvalue weighted by molar-refractivity contribution is 6.45. The van der Waals surface area contributed by atoms with Gasteiger partial charge >= 0.3 is 0 Å². The Morgan fingerprint density at radius 3 is 2.83 bits per heavy atom. The lowest BCUT2D eigenvalue weighted by molar-refractivity contribution is -0.114. The summed E-state index contributed by atoms with van der Waals surface area (Å²) >= 11 is 0. The van der Waals surface area contributed by atoms with Crippen molar-refractivity contribution in [3.8, 4) is 0 Å². The molecule has 0 bridgehead atoms. The van der Waals surface area contributed by atoms with Crippen LogP contribution in [0.3, 0.4) is 0 Å². The van der Waals surface area contributed by atoms with Crippen LogP contribution in [-0.2, 0) is 4.79 Å². The van der Waals surface area contributed by atoms with Crippen molar-refractivity contribution < 1.29 is 4.79 Å². The summed E-state index contributed by atoms with van der Waals surface area (Å²) in [4.78, 5) is 11.5. The first-order valence-electron chi connectivity index (χ1n) is 5.95. The molecule has 0 aliphatic rings. The second-order valence-electron chi connectivity index (χ2n) is 3.86. The second kappa shape index (κ2) is 7.27. The first kappa shape index (κ1) is 14.0. The zero-order valence-electron chi connectivity index (χ0n) is 10.6. The molecule has 3 N–H and O–H groups in total. The Morgan fingerprint density at radius 2 is 2.17 bits per heavy atom. The van der Waals surface area contributed by atoms with E-state index in [9.17, 15) is 4.79 Å². The number of hydrogen-bond acceptors (Lipinski definition) is 3. The molecule has 18 heavy (non-hydrogen) atoms. The number of rotatable bonds is 7. The van der Waals surface area contributed by atoms with Gasteiger partial charge in [0.1, 0.15) is 5.71 Å². The number of nitrogens with one attached hydrogen (secondary N) is 3. The van der Waals surface area contributed by atoms with Crippen LogP contribution in [0.25, 0.3) is 0 Å². The zero-order valence-corrected chi connectivity index (χ0v) is 10.6. The number of para-hydroxylation sites is 1. The normalized spacial score (nSPS) is 9.61. The maximum absolute atomic E-state index is 11.5. The molecule has 0 saturated heterocycles. The fourth-order valence-corrected chi connectivity index (χ4v) is 1.57. The molecular formula is C14H19N3O. The molecule has 4 heteroatoms. The third kappa shape index (κ3) is 3.73. The van der Waals surface area contributed by atoms with E-state index in [-0.39, 0.29) is 11.6 Å². The molecule has 0 spiro atoms. The van der Waals surface area contributed by atoms with Crippen LogP contribution in [0.1, 0.15) is 18.4 Å². The quantitative estimate of drug-likeness (QED) is 0.391. The predicted octanol–water partition coefficient (Wildman–Crippen LogP) is 2.18. The predicted molar refractivity (Wildman–Crippen MR) is 75.3 cm³/mol. The van der Waals surface area contributed by atoms with E-state index < -0.39 is 0 Å². The number of likely N-dealkylation sites (N-methyl/N-ethyl adjacent to an activating group) is 1. The monoisotopic (exact) mass is 245 g/mol. The van der Waals surface area contributed by atoms with Gasteiger partial charge in [0, 0.05) is 24.8 Å². The molecule has 0 heterocycles. The SMILES string of the molecule is C=CCCCNc1ccccc1C(=N)C(=O)NC. The van der Waals surface area contributed by atoms with Gasteiger partial charge in [-0.2, -0.15) is 0 Å². The summed E-state index contributed by atoms with van der Waals surface area (Å²) < 4.78 is 0. The number of anilines is 1. The van der Waals surface area contributed by atoms with Gasteiger partial charge in [0.15, 0.2) is 0 Å². The average Bonchev–Trinajstić information content (AvgIpc) is 2.42. The number of benzene rings is 1. The molecule has 0 saturated carbocycles. The van der Waals surface area contributed by atoms with E-state index in [1.807, 2.05) is 24.3 Å². The minimum Gasteiger partial charge on any atom is -0.384 e. The van der Waals surface area contributed by atoms with Gasteiger partial charge in [-0.05, 0) is 18.9 Å². The molecule has 1 rings (SSSR count). The molecule has 1 aromatic rings. The van der Waals surface area contributed by atoms with Gasteiger partial charge in [-0.15, -0.1) is 6.58 Å². The second-order valence-corrected chi connectivity index (χ2v) is 3.86. The third-order valence-electron chi connectivity index (χ3n) is 2.55. The van der Waals surface area contributed by atoms with Crippen molar-refractivity contribution in [2.75, 3.05) is 18.9 Å². The number of unbranched alkanes of at least 4 members (excludes halogenated alkanes) is 1. The van der Waals surface area contributed by atoms with E-state index in [1.165, 1.54) is 7.05 Å². The lowest BCUT2D eigenvalue weighted by Crippen LogP contribution is -2.28. The molecule has 1 amide bonds. The Bertz CT molecular complexity index is 440. The Morgan fingerprint density at radius 1 is 1.44 bits per heavy atom. The Balaban J connectivity index is 2.76. The largest absolute Gasteiger partial charge is 0.384 e. The van der Waals surface area contributed by atoms with Crippen molar-refractivity contribution in [3.05, 3.63) is 42.5 Å². The van der Waals surface area contributed by atoms with E-state index in [1.54, 1.807) is 6.07 Å². The highest BCUT2D eigenvalue weighted by Gasteiger charge is 2.13. The first-order chi connectivity index (χ1) is 8.70. The van der Waals surface area contributed by atoms with Crippen LogP contribution < -0.4 is 10.6 Å². The maximum Gasteiger partial charge on any atom is 0.269 e. The van der Waals surface area contributed by atoms with E-state index in [0.717, 1.165) is 25.1 Å². The van der Waals surface area contributed by atoms with Crippen LogP contribution in [-0.4, -0.2) is 25.2 Å². The van der Waals surface area contributed by atoms with Crippen molar-refractivity contribution in [1.29, 1.82) is 5.41 Å². The van der Waals surface area contributed by atoms with Crippen LogP contribution in [0, 0.1) is 5.41 Å². The minimum atomic E-state index is -0.379. The molecule has 0 aliphatic carbocycles. The van der Waals surface area contributed by atoms with Gasteiger partial charge in [0.05, 0.1) is 0 Å². The number of hydrogen-bond donors (Lipinski definition) is 3. The van der Waals surface area contributed by atoms with Gasteiger partial charge < -0.3 is 10.6 Å². The highest BCUT2D eigenvalue weighted by atomic mass is 16.1. The van der Waals surface area contributed by atoms with Crippen molar-refractivity contribution in [2.45, 2.75) is 12.8 Å². The molecule has 1 aromatic carbocycles. The molecule has 4 nitrogen and oxygen atoms in total. The fourth-order valence-electron chi connectivity index (χ4n) is 1.57. The van der Waals surface area contributed by atoms with E-state index in [2.05, 4.69) is 17.2 Å². The van der Waals surface area contributed by atoms with Crippen molar-refractivity contribution >= 4 is 17.3 Å². The van der Waals surface area contributed by atoms with Gasteiger partial charge in [0.25, 0.3) is 5.91 Å². The first-order valence-corrected chi connectivity index (χ1v) is 5.95. The lowest BCUT2D eigenvalue weighted by Gasteiger charge is -2.11. The molecule has 0 fully saturated rings. The summed E-state index contributed by atoms with van der Waals surface area (Å²) in [5, 5.41) is 13.5. The molecule has 96 valence electrons. The summed E-state index contributed by atoms with van der Waals surface area (Å²) in [5.41, 5.74) is 1.41. The van der Waals surface area contributed by atoms with Crippen LogP contribution in [0.15, 0.2) is 36.9 Å². The average molecular weight is 245 g/mol. The van der Waals surface area contributed by atoms with Gasteiger partial charge in [-0.25, -0.2) is 0 Å². The van der Waals surface area contributed by atoms with Crippen molar-refractivity contribution in [1.82, 2.24) is 5.32 Å². The summed E-state index contributed by atoms with van der Waals surface area (Å²) in [5.74, 6) is -0.379. The smallest absolute Gasteiger partial charge is 0.269 e. The zero-order chi connectivity index (χ0) is 13.4. The summed E-state index contributed by atoms with van der Waals surface area (Å²) in [6.07, 6.45) is 3.80. The van der Waals surface area contributed by atoms with Gasteiger partial charge in [0.2, 0.25) is 0 Å². The third-order valence-corrected chi connectivity index (χ3v) is 2.55. The van der Waals surface area contributed by atoms with Gasteiger partial charge in [-0.1, -0.05) is 24.3 Å².